The molecule has 1 aromatic heterocycles. The SMILES string of the molecule is O=C(c1cc(F)ccc1F)N1CCC2OCc3cnnn3C2C1. The normalized spacial score (nSPS) is 23.3. The molecule has 2 unspecified atom stereocenters. The average Bonchev–Trinajstić information content (AvgIpc) is 3.05. The van der Waals surface area contributed by atoms with Crippen LogP contribution in [-0.4, -0.2) is 45.0 Å². The van der Waals surface area contributed by atoms with Gasteiger partial charge in [0, 0.05) is 13.1 Å². The molecule has 1 aromatic carbocycles. The molecule has 0 spiro atoms. The second-order valence-electron chi connectivity index (χ2n) is 5.75. The van der Waals surface area contributed by atoms with Crippen molar-refractivity contribution in [2.24, 2.45) is 0 Å². The van der Waals surface area contributed by atoms with Gasteiger partial charge in [0.25, 0.3) is 5.91 Å². The number of likely N-dealkylation sites (tertiary alicyclic amines) is 1. The molecule has 23 heavy (non-hydrogen) atoms. The predicted octanol–water partition coefficient (Wildman–Crippen LogP) is 1.54. The van der Waals surface area contributed by atoms with Crippen molar-refractivity contribution < 1.29 is 18.3 Å². The van der Waals surface area contributed by atoms with Crippen LogP contribution < -0.4 is 0 Å². The highest BCUT2D eigenvalue weighted by molar-refractivity contribution is 5.94. The molecule has 1 amide bonds. The Labute approximate surface area is 130 Å². The van der Waals surface area contributed by atoms with E-state index >= 15 is 0 Å². The van der Waals surface area contributed by atoms with Crippen LogP contribution >= 0.6 is 0 Å². The van der Waals surface area contributed by atoms with Crippen LogP contribution in [0.5, 0.6) is 0 Å². The standard InChI is InChI=1S/C15H14F2N4O2/c16-9-1-2-12(17)11(5-9)15(22)20-4-3-14-13(7-20)21-10(8-23-14)6-18-19-21/h1-2,5-6,13-14H,3-4,7-8H2. The molecule has 1 fully saturated rings. The Morgan fingerprint density at radius 1 is 1.35 bits per heavy atom. The number of fused-ring (bicyclic) bond motifs is 3. The van der Waals surface area contributed by atoms with Gasteiger partial charge < -0.3 is 9.64 Å². The maximum Gasteiger partial charge on any atom is 0.257 e. The first-order chi connectivity index (χ1) is 11.1. The van der Waals surface area contributed by atoms with Crippen molar-refractivity contribution in [3.63, 3.8) is 0 Å². The average molecular weight is 320 g/mol. The zero-order valence-electron chi connectivity index (χ0n) is 12.2. The molecule has 1 saturated heterocycles. The zero-order valence-corrected chi connectivity index (χ0v) is 12.2. The molecular weight excluding hydrogens is 306 g/mol. The van der Waals surface area contributed by atoms with E-state index in [1.54, 1.807) is 10.9 Å². The third-order valence-corrected chi connectivity index (χ3v) is 4.37. The molecule has 2 aromatic rings. The summed E-state index contributed by atoms with van der Waals surface area (Å²) in [5.41, 5.74) is 0.594. The lowest BCUT2D eigenvalue weighted by Gasteiger charge is -2.41. The van der Waals surface area contributed by atoms with Gasteiger partial charge in [0.05, 0.1) is 36.2 Å². The van der Waals surface area contributed by atoms with E-state index < -0.39 is 17.5 Å². The van der Waals surface area contributed by atoms with Crippen LogP contribution in [0, 0.1) is 11.6 Å². The molecule has 120 valence electrons. The van der Waals surface area contributed by atoms with Gasteiger partial charge in [0.15, 0.2) is 0 Å². The number of hydrogen-bond donors (Lipinski definition) is 0. The predicted molar refractivity (Wildman–Crippen MR) is 74.5 cm³/mol. The van der Waals surface area contributed by atoms with Gasteiger partial charge in [0.1, 0.15) is 11.6 Å². The van der Waals surface area contributed by atoms with Gasteiger partial charge in [-0.05, 0) is 24.6 Å². The minimum Gasteiger partial charge on any atom is -0.370 e. The summed E-state index contributed by atoms with van der Waals surface area (Å²) in [5, 5.41) is 7.92. The van der Waals surface area contributed by atoms with Gasteiger partial charge in [-0.3, -0.25) is 4.79 Å². The van der Waals surface area contributed by atoms with E-state index in [-0.39, 0.29) is 17.7 Å². The number of amides is 1. The summed E-state index contributed by atoms with van der Waals surface area (Å²) in [7, 11) is 0. The Kier molecular flexibility index (Phi) is 3.33. The summed E-state index contributed by atoms with van der Waals surface area (Å²) in [6, 6.07) is 2.74. The lowest BCUT2D eigenvalue weighted by molar-refractivity contribution is -0.0605. The Bertz CT molecular complexity index is 764. The van der Waals surface area contributed by atoms with Crippen molar-refractivity contribution in [1.29, 1.82) is 0 Å². The lowest BCUT2D eigenvalue weighted by Crippen LogP contribution is -2.50. The van der Waals surface area contributed by atoms with E-state index in [1.165, 1.54) is 4.90 Å². The Balaban J connectivity index is 1.60. The highest BCUT2D eigenvalue weighted by atomic mass is 19.1. The first-order valence-electron chi connectivity index (χ1n) is 7.38. The highest BCUT2D eigenvalue weighted by Crippen LogP contribution is 2.30. The fourth-order valence-corrected chi connectivity index (χ4v) is 3.20. The van der Waals surface area contributed by atoms with Gasteiger partial charge in [-0.25, -0.2) is 13.5 Å². The molecule has 2 aliphatic rings. The van der Waals surface area contributed by atoms with Crippen LogP contribution in [-0.2, 0) is 11.3 Å². The van der Waals surface area contributed by atoms with E-state index in [0.29, 0.717) is 26.1 Å². The number of ether oxygens (including phenoxy) is 1. The Hall–Kier alpha value is -2.35. The van der Waals surface area contributed by atoms with E-state index in [2.05, 4.69) is 10.3 Å². The van der Waals surface area contributed by atoms with Crippen LogP contribution in [0.2, 0.25) is 0 Å². The number of benzene rings is 1. The fourth-order valence-electron chi connectivity index (χ4n) is 3.20. The number of carbonyl (C=O) groups is 1. The number of aromatic nitrogens is 3. The molecule has 0 radical (unpaired) electrons. The second-order valence-corrected chi connectivity index (χ2v) is 5.75. The third kappa shape index (κ3) is 2.39. The summed E-state index contributed by atoms with van der Waals surface area (Å²) in [4.78, 5) is 14.0. The number of carbonyl (C=O) groups excluding carboxylic acids is 1. The number of piperidine rings is 1. The van der Waals surface area contributed by atoms with Crippen LogP contribution in [0.15, 0.2) is 24.4 Å². The van der Waals surface area contributed by atoms with Crippen LogP contribution in [0.1, 0.15) is 28.5 Å². The summed E-state index contributed by atoms with van der Waals surface area (Å²) in [6.45, 7) is 1.20. The third-order valence-electron chi connectivity index (χ3n) is 4.37. The van der Waals surface area contributed by atoms with E-state index in [9.17, 15) is 13.6 Å². The summed E-state index contributed by atoms with van der Waals surface area (Å²) < 4.78 is 34.7. The quantitative estimate of drug-likeness (QED) is 0.800. The zero-order chi connectivity index (χ0) is 16.0. The lowest BCUT2D eigenvalue weighted by atomic mass is 9.99. The molecule has 3 heterocycles. The largest absolute Gasteiger partial charge is 0.370 e. The minimum atomic E-state index is -0.722. The van der Waals surface area contributed by atoms with Crippen molar-refractivity contribution >= 4 is 5.91 Å². The van der Waals surface area contributed by atoms with Crippen molar-refractivity contribution in [2.45, 2.75) is 25.2 Å². The molecule has 4 rings (SSSR count). The first kappa shape index (κ1) is 14.3. The number of halogens is 2. The Morgan fingerprint density at radius 3 is 3.09 bits per heavy atom. The van der Waals surface area contributed by atoms with Crippen molar-refractivity contribution in [1.82, 2.24) is 19.9 Å². The molecule has 0 saturated carbocycles. The topological polar surface area (TPSA) is 60.3 Å². The maximum absolute atomic E-state index is 13.8. The van der Waals surface area contributed by atoms with Crippen molar-refractivity contribution in [2.75, 3.05) is 13.1 Å². The van der Waals surface area contributed by atoms with Gasteiger partial charge in [-0.2, -0.15) is 0 Å². The Morgan fingerprint density at radius 2 is 2.22 bits per heavy atom. The van der Waals surface area contributed by atoms with Gasteiger partial charge >= 0.3 is 0 Å². The van der Waals surface area contributed by atoms with E-state index in [0.717, 1.165) is 23.9 Å². The molecule has 0 bridgehead atoms. The van der Waals surface area contributed by atoms with Crippen molar-refractivity contribution in [3.8, 4) is 0 Å². The fraction of sp³-hybridized carbons (Fsp3) is 0.400. The molecule has 0 N–H and O–H groups in total. The van der Waals surface area contributed by atoms with Crippen LogP contribution in [0.25, 0.3) is 0 Å². The van der Waals surface area contributed by atoms with E-state index in [1.807, 2.05) is 0 Å². The second kappa shape index (κ2) is 5.38. The van der Waals surface area contributed by atoms with E-state index in [4.69, 9.17) is 4.74 Å². The minimum absolute atomic E-state index is 0.0504. The molecule has 2 aliphatic heterocycles. The number of rotatable bonds is 1. The van der Waals surface area contributed by atoms with Crippen molar-refractivity contribution in [3.05, 3.63) is 47.3 Å². The number of nitrogens with zero attached hydrogens (tertiary/aromatic N) is 4. The molecule has 6 nitrogen and oxygen atoms in total. The number of hydrogen-bond acceptors (Lipinski definition) is 4. The summed E-state index contributed by atoms with van der Waals surface area (Å²) >= 11 is 0. The molecule has 2 atom stereocenters. The summed E-state index contributed by atoms with van der Waals surface area (Å²) in [6.07, 6.45) is 2.20. The molecule has 0 aliphatic carbocycles. The first-order valence-corrected chi connectivity index (χ1v) is 7.38. The van der Waals surface area contributed by atoms with Gasteiger partial charge in [0.2, 0.25) is 0 Å². The maximum atomic E-state index is 13.8. The molecular formula is C15H14F2N4O2. The smallest absolute Gasteiger partial charge is 0.257 e. The summed E-state index contributed by atoms with van der Waals surface area (Å²) in [5.74, 6) is -1.88. The highest BCUT2D eigenvalue weighted by Gasteiger charge is 2.38. The van der Waals surface area contributed by atoms with Crippen LogP contribution in [0.4, 0.5) is 8.78 Å². The van der Waals surface area contributed by atoms with Gasteiger partial charge in [-0.15, -0.1) is 5.10 Å². The molecule has 8 heteroatoms. The van der Waals surface area contributed by atoms with Gasteiger partial charge in [-0.1, -0.05) is 5.21 Å². The monoisotopic (exact) mass is 320 g/mol. The van der Waals surface area contributed by atoms with Crippen LogP contribution in [0.3, 0.4) is 0 Å².